The molecule has 55 heavy (non-hydrogen) atoms. The minimum Gasteiger partial charge on any atom is -0.497 e. The smallest absolute Gasteiger partial charge is 0.338 e. The molecule has 0 spiro atoms. The fourth-order valence-electron chi connectivity index (χ4n) is 6.25. The summed E-state index contributed by atoms with van der Waals surface area (Å²) in [6, 6.07) is 39.5. The standard InChI is InChI=1S/C44H40O11/c1-29(45)55-44(2)37(28-50-40(46)31-15-7-4-8-16-31)52-43(51-36-22-14-13-21-34(36)27-30-23-25-35(49-3)26-24-30)38(53-41(47)32-17-9-5-10-18-32)39(44)54-42(48)33-19-11-6-12-20-33/h4-26,37-39,43H,27-28H2,1-3H3/t37-,38-,39-,43+,44-/m1/s1. The SMILES string of the molecule is COc1ccc(Cc2ccccc2O[C@H]2O[C@H](COC(=O)c3ccccc3)[C@@](C)(OC(C)=O)[C@H](OC(=O)c3ccccc3)[C@H]2OC(=O)c2ccccc2)cc1. The summed E-state index contributed by atoms with van der Waals surface area (Å²) in [5.74, 6) is -1.94. The van der Waals surface area contributed by atoms with E-state index in [-0.39, 0.29) is 16.7 Å². The molecule has 5 aromatic rings. The van der Waals surface area contributed by atoms with Crippen molar-refractivity contribution in [3.63, 3.8) is 0 Å². The largest absolute Gasteiger partial charge is 0.497 e. The van der Waals surface area contributed by atoms with E-state index in [1.807, 2.05) is 36.4 Å². The molecule has 0 bridgehead atoms. The van der Waals surface area contributed by atoms with Crippen LogP contribution in [0.2, 0.25) is 0 Å². The molecule has 1 heterocycles. The normalized spacial score (nSPS) is 20.3. The second kappa shape index (κ2) is 17.6. The van der Waals surface area contributed by atoms with Crippen LogP contribution in [0.5, 0.6) is 11.5 Å². The van der Waals surface area contributed by atoms with Crippen molar-refractivity contribution in [3.05, 3.63) is 167 Å². The number of methoxy groups -OCH3 is 1. The summed E-state index contributed by atoms with van der Waals surface area (Å²) in [5, 5.41) is 0. The maximum Gasteiger partial charge on any atom is 0.338 e. The molecule has 1 saturated heterocycles. The lowest BCUT2D eigenvalue weighted by molar-refractivity contribution is -0.309. The Kier molecular flexibility index (Phi) is 12.2. The Labute approximate surface area is 318 Å². The number of ether oxygens (including phenoxy) is 7. The van der Waals surface area contributed by atoms with Crippen molar-refractivity contribution in [2.24, 2.45) is 0 Å². The highest BCUT2D eigenvalue weighted by atomic mass is 16.7. The lowest BCUT2D eigenvalue weighted by Crippen LogP contribution is -2.70. The third kappa shape index (κ3) is 9.38. The van der Waals surface area contributed by atoms with Crippen molar-refractivity contribution in [1.29, 1.82) is 0 Å². The first-order chi connectivity index (χ1) is 26.6. The molecule has 0 unspecified atom stereocenters. The summed E-state index contributed by atoms with van der Waals surface area (Å²) in [6.07, 6.45) is -5.42. The number of hydrogen-bond donors (Lipinski definition) is 0. The van der Waals surface area contributed by atoms with E-state index in [1.165, 1.54) is 13.8 Å². The Balaban J connectivity index is 1.42. The Morgan fingerprint density at radius 2 is 1.18 bits per heavy atom. The van der Waals surface area contributed by atoms with E-state index in [2.05, 4.69) is 0 Å². The number of esters is 4. The molecule has 11 nitrogen and oxygen atoms in total. The molecule has 5 atom stereocenters. The zero-order valence-electron chi connectivity index (χ0n) is 30.5. The highest BCUT2D eigenvalue weighted by Crippen LogP contribution is 2.39. The monoisotopic (exact) mass is 744 g/mol. The summed E-state index contributed by atoms with van der Waals surface area (Å²) < 4.78 is 42.4. The van der Waals surface area contributed by atoms with Crippen LogP contribution in [-0.4, -0.2) is 67.8 Å². The number of carbonyl (C=O) groups is 4. The molecular weight excluding hydrogens is 704 g/mol. The van der Waals surface area contributed by atoms with Crippen LogP contribution in [0, 0.1) is 0 Å². The van der Waals surface area contributed by atoms with E-state index in [0.29, 0.717) is 17.9 Å². The van der Waals surface area contributed by atoms with Gasteiger partial charge < -0.3 is 33.2 Å². The molecule has 0 aromatic heterocycles. The molecule has 5 aromatic carbocycles. The van der Waals surface area contributed by atoms with Crippen molar-refractivity contribution in [3.8, 4) is 11.5 Å². The first kappa shape index (κ1) is 38.3. The fraction of sp³-hybridized carbons (Fsp3) is 0.227. The zero-order chi connectivity index (χ0) is 38.8. The molecule has 0 saturated carbocycles. The maximum absolute atomic E-state index is 13.8. The van der Waals surface area contributed by atoms with Gasteiger partial charge in [0.2, 0.25) is 12.4 Å². The minimum absolute atomic E-state index is 0.182. The van der Waals surface area contributed by atoms with Gasteiger partial charge in [-0.15, -0.1) is 0 Å². The van der Waals surface area contributed by atoms with Gasteiger partial charge in [0.25, 0.3) is 0 Å². The van der Waals surface area contributed by atoms with E-state index in [1.54, 1.807) is 110 Å². The van der Waals surface area contributed by atoms with Crippen LogP contribution in [-0.2, 0) is 34.9 Å². The molecule has 0 amide bonds. The van der Waals surface area contributed by atoms with Crippen molar-refractivity contribution in [2.75, 3.05) is 13.7 Å². The average Bonchev–Trinajstić information content (AvgIpc) is 3.21. The van der Waals surface area contributed by atoms with E-state index in [4.69, 9.17) is 33.2 Å². The van der Waals surface area contributed by atoms with Gasteiger partial charge in [-0.05, 0) is 72.6 Å². The number of carbonyl (C=O) groups excluding carboxylic acids is 4. The molecule has 282 valence electrons. The summed E-state index contributed by atoms with van der Waals surface area (Å²) >= 11 is 0. The first-order valence-corrected chi connectivity index (χ1v) is 17.6. The van der Waals surface area contributed by atoms with Crippen molar-refractivity contribution < 1.29 is 52.3 Å². The second-order valence-corrected chi connectivity index (χ2v) is 12.9. The fourth-order valence-corrected chi connectivity index (χ4v) is 6.25. The van der Waals surface area contributed by atoms with Crippen LogP contribution in [0.1, 0.15) is 56.0 Å². The molecule has 0 N–H and O–H groups in total. The predicted octanol–water partition coefficient (Wildman–Crippen LogP) is 7.02. The number of hydrogen-bond acceptors (Lipinski definition) is 11. The third-order valence-corrected chi connectivity index (χ3v) is 9.07. The molecule has 0 aliphatic carbocycles. The number of para-hydroxylation sites is 1. The quantitative estimate of drug-likeness (QED) is 0.0910. The van der Waals surface area contributed by atoms with E-state index in [0.717, 1.165) is 11.1 Å². The summed E-state index contributed by atoms with van der Waals surface area (Å²) in [6.45, 7) is 2.18. The minimum atomic E-state index is -1.89. The molecule has 1 aliphatic rings. The second-order valence-electron chi connectivity index (χ2n) is 12.9. The lowest BCUT2D eigenvalue weighted by atomic mass is 9.85. The van der Waals surface area contributed by atoms with Gasteiger partial charge >= 0.3 is 23.9 Å². The lowest BCUT2D eigenvalue weighted by Gasteiger charge is -2.50. The molecule has 1 fully saturated rings. The predicted molar refractivity (Wildman–Crippen MR) is 200 cm³/mol. The van der Waals surface area contributed by atoms with E-state index in [9.17, 15) is 19.2 Å². The van der Waals surface area contributed by atoms with Gasteiger partial charge in [-0.1, -0.05) is 84.9 Å². The van der Waals surface area contributed by atoms with Gasteiger partial charge in [0, 0.05) is 13.3 Å². The van der Waals surface area contributed by atoms with Crippen LogP contribution >= 0.6 is 0 Å². The summed E-state index contributed by atoms with van der Waals surface area (Å²) in [5.41, 5.74) is 0.467. The van der Waals surface area contributed by atoms with Gasteiger partial charge in [0.05, 0.1) is 23.8 Å². The molecule has 6 rings (SSSR count). The maximum atomic E-state index is 13.8. The first-order valence-electron chi connectivity index (χ1n) is 17.6. The van der Waals surface area contributed by atoms with E-state index < -0.39 is 60.7 Å². The molecule has 1 aliphatic heterocycles. The van der Waals surface area contributed by atoms with Crippen LogP contribution in [0.4, 0.5) is 0 Å². The van der Waals surface area contributed by atoms with Crippen molar-refractivity contribution in [2.45, 2.75) is 50.5 Å². The van der Waals surface area contributed by atoms with Gasteiger partial charge in [0.1, 0.15) is 24.2 Å². The van der Waals surface area contributed by atoms with Crippen molar-refractivity contribution >= 4 is 23.9 Å². The van der Waals surface area contributed by atoms with Crippen molar-refractivity contribution in [1.82, 2.24) is 0 Å². The average molecular weight is 745 g/mol. The van der Waals surface area contributed by atoms with Gasteiger partial charge in [-0.2, -0.15) is 0 Å². The van der Waals surface area contributed by atoms with Crippen LogP contribution in [0.15, 0.2) is 140 Å². The van der Waals surface area contributed by atoms with E-state index >= 15 is 0 Å². The van der Waals surface area contributed by atoms with Gasteiger partial charge in [-0.25, -0.2) is 14.4 Å². The molecular formula is C44H40O11. The summed E-state index contributed by atoms with van der Waals surface area (Å²) in [4.78, 5) is 53.6. The Morgan fingerprint density at radius 3 is 1.75 bits per heavy atom. The van der Waals surface area contributed by atoms with Gasteiger partial charge in [0.15, 0.2) is 11.7 Å². The summed E-state index contributed by atoms with van der Waals surface area (Å²) in [7, 11) is 1.59. The number of benzene rings is 5. The third-order valence-electron chi connectivity index (χ3n) is 9.07. The van der Waals surface area contributed by atoms with Crippen LogP contribution in [0.3, 0.4) is 0 Å². The Hall–Kier alpha value is -6.46. The zero-order valence-corrected chi connectivity index (χ0v) is 30.5. The highest BCUT2D eigenvalue weighted by Gasteiger charge is 2.61. The van der Waals surface area contributed by atoms with Crippen LogP contribution < -0.4 is 9.47 Å². The topological polar surface area (TPSA) is 133 Å². The molecule has 0 radical (unpaired) electrons. The van der Waals surface area contributed by atoms with Crippen LogP contribution in [0.25, 0.3) is 0 Å². The van der Waals surface area contributed by atoms with Gasteiger partial charge in [-0.3, -0.25) is 4.79 Å². The molecule has 11 heteroatoms. The number of rotatable bonds is 13. The Bertz CT molecular complexity index is 2070. The highest BCUT2D eigenvalue weighted by molar-refractivity contribution is 5.91. The Morgan fingerprint density at radius 1 is 0.655 bits per heavy atom.